The molecule has 3 aromatic carbocycles. The highest BCUT2D eigenvalue weighted by Gasteiger charge is 2.13. The second-order valence-electron chi connectivity index (χ2n) is 6.45. The van der Waals surface area contributed by atoms with Crippen molar-refractivity contribution in [3.05, 3.63) is 96.1 Å². The Morgan fingerprint density at radius 2 is 1.32 bits per heavy atom. The van der Waals surface area contributed by atoms with Gasteiger partial charge in [-0.2, -0.15) is 0 Å². The van der Waals surface area contributed by atoms with Crippen LogP contribution < -0.4 is 10.4 Å². The molecule has 0 aliphatic carbocycles. The average molecular weight is 357 g/mol. The highest BCUT2D eigenvalue weighted by atomic mass is 28.3. The summed E-state index contributed by atoms with van der Waals surface area (Å²) < 4.78 is 0. The third kappa shape index (κ3) is 6.15. The monoisotopic (exact) mass is 356 g/mol. The van der Waals surface area contributed by atoms with Crippen LogP contribution >= 0.6 is 0 Å². The minimum atomic E-state index is 0.759. The molecule has 0 spiro atoms. The van der Waals surface area contributed by atoms with Crippen LogP contribution in [-0.2, 0) is 6.42 Å². The topological polar surface area (TPSA) is 0 Å². The Morgan fingerprint density at radius 3 is 1.88 bits per heavy atom. The zero-order chi connectivity index (χ0) is 17.3. The molecule has 0 aromatic heterocycles. The van der Waals surface area contributed by atoms with Crippen molar-refractivity contribution in [2.75, 3.05) is 0 Å². The van der Waals surface area contributed by atoms with E-state index in [-0.39, 0.29) is 0 Å². The van der Waals surface area contributed by atoms with E-state index in [1.165, 1.54) is 40.8 Å². The van der Waals surface area contributed by atoms with Crippen LogP contribution in [0, 0.1) is 6.92 Å². The highest BCUT2D eigenvalue weighted by Crippen LogP contribution is 2.15. The second kappa shape index (κ2) is 9.54. The highest BCUT2D eigenvalue weighted by molar-refractivity contribution is 6.73. The van der Waals surface area contributed by atoms with E-state index in [1.54, 1.807) is 0 Å². The molecule has 4 radical (unpaired) electrons. The first-order valence-corrected chi connectivity index (χ1v) is 11.1. The molecular formula is C23H24Si2. The largest absolute Gasteiger partial charge is 0.0811 e. The Labute approximate surface area is 157 Å². The van der Waals surface area contributed by atoms with Crippen molar-refractivity contribution in [3.63, 3.8) is 0 Å². The van der Waals surface area contributed by atoms with Crippen molar-refractivity contribution < 1.29 is 0 Å². The van der Waals surface area contributed by atoms with E-state index < -0.39 is 0 Å². The summed E-state index contributed by atoms with van der Waals surface area (Å²) in [6.07, 6.45) is 3.76. The molecule has 0 atom stereocenters. The summed E-state index contributed by atoms with van der Waals surface area (Å²) in [6.45, 7) is 2.18. The van der Waals surface area contributed by atoms with Crippen molar-refractivity contribution in [3.8, 4) is 0 Å². The number of hydrogen-bond donors (Lipinski definition) is 0. The van der Waals surface area contributed by atoms with Crippen LogP contribution in [0.3, 0.4) is 0 Å². The molecule has 0 amide bonds. The van der Waals surface area contributed by atoms with Gasteiger partial charge in [-0.3, -0.25) is 0 Å². The van der Waals surface area contributed by atoms with Gasteiger partial charge in [-0.15, -0.1) is 0 Å². The predicted octanol–water partition coefficient (Wildman–Crippen LogP) is 4.12. The van der Waals surface area contributed by atoms with E-state index in [9.17, 15) is 0 Å². The fraction of sp³-hybridized carbons (Fsp3) is 0.217. The van der Waals surface area contributed by atoms with Gasteiger partial charge >= 0.3 is 0 Å². The van der Waals surface area contributed by atoms with Crippen molar-refractivity contribution in [1.29, 1.82) is 0 Å². The Morgan fingerprint density at radius 1 is 0.720 bits per heavy atom. The predicted molar refractivity (Wildman–Crippen MR) is 112 cm³/mol. The SMILES string of the molecule is Cc1cccc(CCCC([Si]c2ccccc2)[Si]c2ccccc2)c1. The van der Waals surface area contributed by atoms with Crippen molar-refractivity contribution in [2.24, 2.45) is 0 Å². The molecule has 0 saturated heterocycles. The van der Waals surface area contributed by atoms with Gasteiger partial charge in [0.2, 0.25) is 0 Å². The third-order valence-corrected chi connectivity index (χ3v) is 7.74. The summed E-state index contributed by atoms with van der Waals surface area (Å²) >= 11 is 0. The minimum Gasteiger partial charge on any atom is -0.0642 e. The summed E-state index contributed by atoms with van der Waals surface area (Å²) in [5.74, 6) is 0. The van der Waals surface area contributed by atoms with Gasteiger partial charge in [0.05, 0.1) is 19.0 Å². The maximum absolute atomic E-state index is 2.33. The lowest BCUT2D eigenvalue weighted by Gasteiger charge is -2.16. The van der Waals surface area contributed by atoms with E-state index in [0.29, 0.717) is 0 Å². The van der Waals surface area contributed by atoms with Gasteiger partial charge < -0.3 is 0 Å². The third-order valence-electron chi connectivity index (χ3n) is 4.27. The average Bonchev–Trinajstić information content (AvgIpc) is 2.63. The first-order chi connectivity index (χ1) is 12.3. The Hall–Kier alpha value is -1.91. The molecule has 0 bridgehead atoms. The fourth-order valence-electron chi connectivity index (χ4n) is 3.03. The summed E-state index contributed by atoms with van der Waals surface area (Å²) in [4.78, 5) is 0. The smallest absolute Gasteiger partial charge is 0.0642 e. The van der Waals surface area contributed by atoms with E-state index in [0.717, 1.165) is 24.2 Å². The second-order valence-corrected chi connectivity index (χ2v) is 10.2. The quantitative estimate of drug-likeness (QED) is 0.533. The Balaban J connectivity index is 1.61. The normalized spacial score (nSPS) is 11.0. The van der Waals surface area contributed by atoms with Crippen LogP contribution in [0.2, 0.25) is 5.16 Å². The van der Waals surface area contributed by atoms with Gasteiger partial charge in [0.15, 0.2) is 0 Å². The van der Waals surface area contributed by atoms with E-state index in [2.05, 4.69) is 91.9 Å². The molecule has 0 unspecified atom stereocenters. The minimum absolute atomic E-state index is 0.759. The first-order valence-electron chi connectivity index (χ1n) is 8.98. The van der Waals surface area contributed by atoms with Crippen molar-refractivity contribution in [1.82, 2.24) is 0 Å². The number of benzene rings is 3. The lowest BCUT2D eigenvalue weighted by molar-refractivity contribution is 0.768. The maximum Gasteiger partial charge on any atom is 0.0811 e. The van der Waals surface area contributed by atoms with Crippen LogP contribution in [0.4, 0.5) is 0 Å². The fourth-order valence-corrected chi connectivity index (χ4v) is 6.59. The lowest BCUT2D eigenvalue weighted by atomic mass is 10.1. The summed E-state index contributed by atoms with van der Waals surface area (Å²) in [6, 6.07) is 31.0. The van der Waals surface area contributed by atoms with Gasteiger partial charge in [-0.1, -0.05) is 107 Å². The van der Waals surface area contributed by atoms with E-state index in [4.69, 9.17) is 0 Å². The van der Waals surface area contributed by atoms with Gasteiger partial charge in [0.25, 0.3) is 0 Å². The molecule has 0 saturated carbocycles. The summed E-state index contributed by atoms with van der Waals surface area (Å²) in [7, 11) is 1.80. The van der Waals surface area contributed by atoms with Crippen LogP contribution in [0.25, 0.3) is 0 Å². The van der Waals surface area contributed by atoms with Gasteiger partial charge in [0.1, 0.15) is 0 Å². The van der Waals surface area contributed by atoms with Crippen LogP contribution in [0.1, 0.15) is 24.0 Å². The standard InChI is InChI=1S/C23H24Si2/c1-19-10-8-11-20(18-19)12-9-17-23(24-21-13-4-2-5-14-21)25-22-15-6-3-7-16-22/h2-8,10-11,13-16,18,23H,9,12,17H2,1H3. The molecule has 0 nitrogen and oxygen atoms in total. The lowest BCUT2D eigenvalue weighted by Crippen LogP contribution is -2.29. The Bertz CT molecular complexity index is 712. The molecular weight excluding hydrogens is 332 g/mol. The first kappa shape index (κ1) is 17.9. The maximum atomic E-state index is 2.33. The molecule has 124 valence electrons. The molecule has 0 aliphatic heterocycles. The molecule has 0 N–H and O–H groups in total. The van der Waals surface area contributed by atoms with Gasteiger partial charge in [-0.05, 0) is 30.5 Å². The molecule has 3 aromatic rings. The molecule has 3 rings (SSSR count). The van der Waals surface area contributed by atoms with Crippen LogP contribution in [0.5, 0.6) is 0 Å². The van der Waals surface area contributed by atoms with Gasteiger partial charge in [0, 0.05) is 0 Å². The zero-order valence-corrected chi connectivity index (χ0v) is 16.8. The summed E-state index contributed by atoms with van der Waals surface area (Å²) in [5.41, 5.74) is 2.84. The van der Waals surface area contributed by atoms with E-state index in [1.807, 2.05) is 0 Å². The number of hydrogen-bond acceptors (Lipinski definition) is 0. The molecule has 25 heavy (non-hydrogen) atoms. The van der Waals surface area contributed by atoms with Gasteiger partial charge in [-0.25, -0.2) is 0 Å². The zero-order valence-electron chi connectivity index (χ0n) is 14.8. The Kier molecular flexibility index (Phi) is 6.83. The molecule has 0 fully saturated rings. The molecule has 0 heterocycles. The molecule has 2 heteroatoms. The number of aryl methyl sites for hydroxylation is 2. The number of rotatable bonds is 8. The molecule has 0 aliphatic rings. The van der Waals surface area contributed by atoms with Crippen molar-refractivity contribution >= 4 is 29.4 Å². The van der Waals surface area contributed by atoms with Crippen molar-refractivity contribution in [2.45, 2.75) is 31.4 Å². The summed E-state index contributed by atoms with van der Waals surface area (Å²) in [5, 5.41) is 3.74. The van der Waals surface area contributed by atoms with Crippen LogP contribution in [-0.4, -0.2) is 19.0 Å². The van der Waals surface area contributed by atoms with E-state index >= 15 is 0 Å². The van der Waals surface area contributed by atoms with Crippen LogP contribution in [0.15, 0.2) is 84.9 Å².